The van der Waals surface area contributed by atoms with Gasteiger partial charge in [0.05, 0.1) is 0 Å². The second-order valence-electron chi connectivity index (χ2n) is 12.8. The van der Waals surface area contributed by atoms with Crippen LogP contribution in [0.15, 0.2) is 126 Å². The molecule has 4 N–H and O–H groups in total. The molecule has 47 heavy (non-hydrogen) atoms. The second-order valence-corrected chi connectivity index (χ2v) is 15.8. The zero-order chi connectivity index (χ0) is 32.6. The Morgan fingerprint density at radius 1 is 0.596 bits per heavy atom. The Hall–Kier alpha value is -3.33. The van der Waals surface area contributed by atoms with Crippen molar-refractivity contribution in [2.45, 2.75) is 70.4 Å². The van der Waals surface area contributed by atoms with Crippen molar-refractivity contribution in [3.8, 4) is 0 Å². The molecule has 5 aromatic rings. The maximum atomic E-state index is 6.55. The van der Waals surface area contributed by atoms with Crippen molar-refractivity contribution < 1.29 is 0 Å². The first kappa shape index (κ1) is 33.6. The molecule has 0 heterocycles. The standard InChI is InChI=1S/C22H22NP.C11H15N.C10H9Br/c23-20-15-7-9-17-10-8-16-21(22(17)20)24(18-11-3-1-4-12-18)19-13-5-2-6-14-19;1-8-4-2-5-9-6-3-7-10(12)11(8)9;11-10-7-3-5-8-4-1-2-6-9(8)10/h1-6,8,10-14,16,20H,7,9,15,23H2;2,4-5,10H,3,6-7,12H2,1H3;2-3,5-7H,1,4H2/t20-;10-;/m11./s1. The summed E-state index contributed by atoms with van der Waals surface area (Å²) in [6, 6.07) is 41.9. The third-order valence-electron chi connectivity index (χ3n) is 9.53. The molecule has 5 aromatic carbocycles. The molecule has 0 bridgehead atoms. The van der Waals surface area contributed by atoms with E-state index in [1.807, 2.05) is 0 Å². The van der Waals surface area contributed by atoms with Gasteiger partial charge in [0.1, 0.15) is 0 Å². The summed E-state index contributed by atoms with van der Waals surface area (Å²) >= 11 is 3.53. The number of nitrogens with two attached hydrogens (primary N) is 2. The van der Waals surface area contributed by atoms with Gasteiger partial charge in [0, 0.05) is 16.6 Å². The van der Waals surface area contributed by atoms with Crippen molar-refractivity contribution in [2.75, 3.05) is 0 Å². The molecule has 0 spiro atoms. The fraction of sp³-hybridized carbons (Fsp3) is 0.256. The van der Waals surface area contributed by atoms with E-state index < -0.39 is 7.92 Å². The quantitative estimate of drug-likeness (QED) is 0.184. The van der Waals surface area contributed by atoms with Crippen LogP contribution in [0.4, 0.5) is 0 Å². The molecule has 3 aliphatic rings. The van der Waals surface area contributed by atoms with Gasteiger partial charge in [0.2, 0.25) is 0 Å². The average molecular weight is 702 g/mol. The molecule has 0 amide bonds. The van der Waals surface area contributed by atoms with Gasteiger partial charge in [-0.05, 0) is 127 Å². The predicted molar refractivity (Wildman–Crippen MR) is 208 cm³/mol. The Labute approximate surface area is 291 Å². The van der Waals surface area contributed by atoms with E-state index in [-0.39, 0.29) is 12.1 Å². The summed E-state index contributed by atoms with van der Waals surface area (Å²) in [7, 11) is -0.567. The normalized spacial score (nSPS) is 17.6. The van der Waals surface area contributed by atoms with Crippen molar-refractivity contribution in [3.63, 3.8) is 0 Å². The Balaban J connectivity index is 0.000000140. The highest BCUT2D eigenvalue weighted by atomic mass is 79.9. The molecule has 0 saturated carbocycles. The molecule has 0 aliphatic heterocycles. The summed E-state index contributed by atoms with van der Waals surface area (Å²) in [6.07, 6.45) is 13.9. The SMILES string of the molecule is Brc1cccc2c1C=CCC2.Cc1cccc2c1[C@H](N)CCC2.N[C@@H]1CCCc2cccc(P(c3ccccc3)c3ccccc3)c21. The van der Waals surface area contributed by atoms with E-state index in [1.54, 1.807) is 0 Å². The van der Waals surface area contributed by atoms with Gasteiger partial charge in [-0.15, -0.1) is 0 Å². The van der Waals surface area contributed by atoms with Crippen LogP contribution in [0.1, 0.15) is 83.1 Å². The first-order chi connectivity index (χ1) is 23.0. The summed E-state index contributed by atoms with van der Waals surface area (Å²) in [5, 5.41) is 4.22. The first-order valence-corrected chi connectivity index (χ1v) is 19.2. The van der Waals surface area contributed by atoms with Crippen LogP contribution in [0.3, 0.4) is 0 Å². The summed E-state index contributed by atoms with van der Waals surface area (Å²) < 4.78 is 1.21. The van der Waals surface area contributed by atoms with Crippen LogP contribution in [0, 0.1) is 6.92 Å². The highest BCUT2D eigenvalue weighted by Crippen LogP contribution is 2.39. The minimum absolute atomic E-state index is 0.169. The van der Waals surface area contributed by atoms with E-state index in [4.69, 9.17) is 11.5 Å². The molecule has 0 fully saturated rings. The fourth-order valence-electron chi connectivity index (χ4n) is 7.25. The van der Waals surface area contributed by atoms with Crippen LogP contribution in [-0.2, 0) is 19.3 Å². The average Bonchev–Trinajstić information content (AvgIpc) is 3.11. The molecule has 2 nitrogen and oxygen atoms in total. The molecule has 8 rings (SSSR count). The van der Waals surface area contributed by atoms with E-state index in [2.05, 4.69) is 150 Å². The van der Waals surface area contributed by atoms with E-state index in [1.165, 1.54) is 91.4 Å². The second kappa shape index (κ2) is 16.2. The van der Waals surface area contributed by atoms with Gasteiger partial charge in [0.25, 0.3) is 0 Å². The third-order valence-corrected chi connectivity index (χ3v) is 12.7. The van der Waals surface area contributed by atoms with Crippen molar-refractivity contribution >= 4 is 45.8 Å². The minimum atomic E-state index is -0.567. The molecule has 0 aromatic heterocycles. The highest BCUT2D eigenvalue weighted by molar-refractivity contribution is 9.10. The van der Waals surface area contributed by atoms with Crippen molar-refractivity contribution in [2.24, 2.45) is 11.5 Å². The summed E-state index contributed by atoms with van der Waals surface area (Å²) in [4.78, 5) is 0. The summed E-state index contributed by atoms with van der Waals surface area (Å²) in [5.41, 5.74) is 22.5. The Morgan fingerprint density at radius 3 is 1.77 bits per heavy atom. The molecule has 4 heteroatoms. The Bertz CT molecular complexity index is 1760. The summed E-state index contributed by atoms with van der Waals surface area (Å²) in [5.74, 6) is 0. The molecular weight excluding hydrogens is 655 g/mol. The number of hydrogen-bond donors (Lipinski definition) is 2. The molecule has 0 radical (unpaired) electrons. The van der Waals surface area contributed by atoms with Crippen LogP contribution in [0.5, 0.6) is 0 Å². The van der Waals surface area contributed by atoms with Gasteiger partial charge >= 0.3 is 0 Å². The largest absolute Gasteiger partial charge is 0.324 e. The van der Waals surface area contributed by atoms with Gasteiger partial charge in [-0.2, -0.15) is 0 Å². The lowest BCUT2D eigenvalue weighted by Crippen LogP contribution is -2.30. The van der Waals surface area contributed by atoms with Crippen molar-refractivity contribution in [1.29, 1.82) is 0 Å². The van der Waals surface area contributed by atoms with Gasteiger partial charge in [0.15, 0.2) is 0 Å². The Kier molecular flexibility index (Phi) is 11.6. The van der Waals surface area contributed by atoms with E-state index in [0.29, 0.717) is 0 Å². The van der Waals surface area contributed by atoms with E-state index in [9.17, 15) is 0 Å². The zero-order valence-electron chi connectivity index (χ0n) is 27.4. The van der Waals surface area contributed by atoms with Gasteiger partial charge in [-0.1, -0.05) is 137 Å². The number of allylic oxidation sites excluding steroid dienone is 1. The maximum Gasteiger partial charge on any atom is 0.0304 e. The van der Waals surface area contributed by atoms with Gasteiger partial charge < -0.3 is 11.5 Å². The summed E-state index contributed by atoms with van der Waals surface area (Å²) in [6.45, 7) is 2.16. The zero-order valence-corrected chi connectivity index (χ0v) is 29.9. The molecule has 2 atom stereocenters. The van der Waals surface area contributed by atoms with Crippen LogP contribution >= 0.6 is 23.9 Å². The number of aryl methyl sites for hydroxylation is 4. The number of benzene rings is 5. The number of hydrogen-bond acceptors (Lipinski definition) is 2. The van der Waals surface area contributed by atoms with Crippen LogP contribution in [0.2, 0.25) is 0 Å². The monoisotopic (exact) mass is 700 g/mol. The van der Waals surface area contributed by atoms with Crippen molar-refractivity contribution in [1.82, 2.24) is 0 Å². The molecular formula is C43H46BrN2P. The van der Waals surface area contributed by atoms with Crippen LogP contribution in [-0.4, -0.2) is 0 Å². The topological polar surface area (TPSA) is 52.0 Å². The third kappa shape index (κ3) is 8.04. The van der Waals surface area contributed by atoms with Gasteiger partial charge in [-0.3, -0.25) is 0 Å². The predicted octanol–water partition coefficient (Wildman–Crippen LogP) is 9.52. The number of halogens is 1. The number of rotatable bonds is 3. The maximum absolute atomic E-state index is 6.55. The van der Waals surface area contributed by atoms with Crippen molar-refractivity contribution in [3.05, 3.63) is 165 Å². The van der Waals surface area contributed by atoms with Crippen LogP contribution < -0.4 is 27.4 Å². The van der Waals surface area contributed by atoms with Gasteiger partial charge in [-0.25, -0.2) is 0 Å². The minimum Gasteiger partial charge on any atom is -0.324 e. The Morgan fingerprint density at radius 2 is 1.15 bits per heavy atom. The lowest BCUT2D eigenvalue weighted by molar-refractivity contribution is 0.567. The van der Waals surface area contributed by atoms with Crippen LogP contribution in [0.25, 0.3) is 6.08 Å². The number of fused-ring (bicyclic) bond motifs is 3. The lowest BCUT2D eigenvalue weighted by atomic mass is 9.85. The molecule has 3 aliphatic carbocycles. The molecule has 240 valence electrons. The first-order valence-electron chi connectivity index (χ1n) is 17.1. The molecule has 0 unspecified atom stereocenters. The fourth-order valence-corrected chi connectivity index (χ4v) is 10.4. The molecule has 0 saturated heterocycles. The van der Waals surface area contributed by atoms with E-state index >= 15 is 0 Å². The lowest BCUT2D eigenvalue weighted by Gasteiger charge is -2.29. The highest BCUT2D eigenvalue weighted by Gasteiger charge is 2.26. The van der Waals surface area contributed by atoms with E-state index in [0.717, 1.165) is 19.3 Å². The smallest absolute Gasteiger partial charge is 0.0304 e.